The molecule has 3 heteroatoms. The van der Waals surface area contributed by atoms with Gasteiger partial charge in [-0.15, -0.1) is 0 Å². The first-order valence-corrected chi connectivity index (χ1v) is 5.84. The summed E-state index contributed by atoms with van der Waals surface area (Å²) in [5, 5.41) is 0.266. The zero-order chi connectivity index (χ0) is 12.8. The fraction of sp³-hybridized carbons (Fsp3) is 0.133. The van der Waals surface area contributed by atoms with Crippen LogP contribution in [0.3, 0.4) is 0 Å². The second-order valence-electron chi connectivity index (χ2n) is 3.99. The summed E-state index contributed by atoms with van der Waals surface area (Å²) in [5.74, 6) is -0.591. The molecule has 0 saturated heterocycles. The van der Waals surface area contributed by atoms with Gasteiger partial charge in [0.25, 0.3) is 5.91 Å². The minimum atomic E-state index is -0.591. The number of amides is 1. The molecule has 0 aliphatic carbocycles. The number of carbonyl (C=O) groups excluding carboxylic acids is 1. The smallest absolute Gasteiger partial charge is 0.266 e. The van der Waals surface area contributed by atoms with E-state index in [-0.39, 0.29) is 11.7 Å². The van der Waals surface area contributed by atoms with Crippen LogP contribution in [0.4, 0.5) is 4.48 Å². The molecule has 2 nitrogen and oxygen atoms in total. The molecule has 0 N–H and O–H groups in total. The Morgan fingerprint density at radius 3 is 2.11 bits per heavy atom. The van der Waals surface area contributed by atoms with Crippen LogP contribution < -0.4 is 0 Å². The number of nitrogens with zero attached hydrogens (tertiary/aromatic N) is 1. The molecule has 0 spiro atoms. The molecule has 0 atom stereocenters. The van der Waals surface area contributed by atoms with Crippen LogP contribution >= 0.6 is 0 Å². The molecule has 0 fully saturated rings. The highest BCUT2D eigenvalue weighted by Crippen LogP contribution is 2.07. The Balaban J connectivity index is 1.93. The summed E-state index contributed by atoms with van der Waals surface area (Å²) in [6.07, 6.45) is 0.510. The van der Waals surface area contributed by atoms with E-state index in [1.54, 1.807) is 30.3 Å². The third-order valence-corrected chi connectivity index (χ3v) is 2.68. The topological polar surface area (TPSA) is 20.3 Å². The molecular weight excluding hydrogens is 229 g/mol. The lowest BCUT2D eigenvalue weighted by atomic mass is 10.1. The van der Waals surface area contributed by atoms with Gasteiger partial charge >= 0.3 is 0 Å². The quantitative estimate of drug-likeness (QED) is 0.755. The first-order chi connectivity index (χ1) is 8.77. The summed E-state index contributed by atoms with van der Waals surface area (Å²) < 4.78 is 13.7. The fourth-order valence-corrected chi connectivity index (χ4v) is 1.69. The maximum Gasteiger partial charge on any atom is 0.281 e. The highest BCUT2D eigenvalue weighted by molar-refractivity contribution is 5.93. The van der Waals surface area contributed by atoms with E-state index in [2.05, 4.69) is 0 Å². The average Bonchev–Trinajstić information content (AvgIpc) is 2.46. The van der Waals surface area contributed by atoms with E-state index in [0.717, 1.165) is 5.56 Å². The number of benzene rings is 2. The van der Waals surface area contributed by atoms with Crippen LogP contribution in [0.2, 0.25) is 0 Å². The van der Waals surface area contributed by atoms with Crippen LogP contribution in [0.15, 0.2) is 60.7 Å². The van der Waals surface area contributed by atoms with Crippen molar-refractivity contribution >= 4 is 5.91 Å². The van der Waals surface area contributed by atoms with Crippen LogP contribution in [0.5, 0.6) is 0 Å². The van der Waals surface area contributed by atoms with Crippen molar-refractivity contribution in [3.8, 4) is 0 Å². The van der Waals surface area contributed by atoms with Gasteiger partial charge in [0, 0.05) is 5.56 Å². The molecule has 2 rings (SSSR count). The monoisotopic (exact) mass is 243 g/mol. The van der Waals surface area contributed by atoms with Gasteiger partial charge in [-0.2, -0.15) is 5.12 Å². The Labute approximate surface area is 106 Å². The predicted molar refractivity (Wildman–Crippen MR) is 68.7 cm³/mol. The number of rotatable bonds is 4. The van der Waals surface area contributed by atoms with Crippen molar-refractivity contribution in [1.82, 2.24) is 5.12 Å². The normalized spacial score (nSPS) is 10.1. The molecule has 0 unspecified atom stereocenters. The first-order valence-electron chi connectivity index (χ1n) is 5.84. The van der Waals surface area contributed by atoms with E-state index in [1.807, 2.05) is 30.3 Å². The molecule has 2 aromatic carbocycles. The summed E-state index contributed by atoms with van der Waals surface area (Å²) in [5.41, 5.74) is 1.38. The molecule has 0 heterocycles. The summed E-state index contributed by atoms with van der Waals surface area (Å²) in [6.45, 7) is 0.0672. The number of hydrogen-bond acceptors (Lipinski definition) is 1. The van der Waals surface area contributed by atoms with Crippen molar-refractivity contribution in [2.45, 2.75) is 6.42 Å². The third-order valence-electron chi connectivity index (χ3n) is 2.68. The van der Waals surface area contributed by atoms with Crippen LogP contribution in [0.25, 0.3) is 0 Å². The molecule has 0 aromatic heterocycles. The van der Waals surface area contributed by atoms with Crippen LogP contribution in [-0.2, 0) is 6.42 Å². The lowest BCUT2D eigenvalue weighted by molar-refractivity contribution is 0.0203. The Morgan fingerprint density at radius 2 is 1.50 bits per heavy atom. The van der Waals surface area contributed by atoms with Crippen molar-refractivity contribution < 1.29 is 9.28 Å². The Hall–Kier alpha value is -2.16. The maximum absolute atomic E-state index is 13.7. The van der Waals surface area contributed by atoms with Gasteiger partial charge in [-0.3, -0.25) is 4.79 Å². The average molecular weight is 243 g/mol. The summed E-state index contributed by atoms with van der Waals surface area (Å²) >= 11 is 0. The van der Waals surface area contributed by atoms with Gasteiger partial charge in [0.15, 0.2) is 0 Å². The zero-order valence-corrected chi connectivity index (χ0v) is 9.92. The van der Waals surface area contributed by atoms with Crippen molar-refractivity contribution in [2.75, 3.05) is 6.54 Å². The van der Waals surface area contributed by atoms with Crippen LogP contribution in [-0.4, -0.2) is 17.6 Å². The molecule has 0 aliphatic heterocycles. The van der Waals surface area contributed by atoms with E-state index in [1.165, 1.54) is 0 Å². The highest BCUT2D eigenvalue weighted by Gasteiger charge is 2.14. The molecule has 1 amide bonds. The van der Waals surface area contributed by atoms with Crippen molar-refractivity contribution in [3.63, 3.8) is 0 Å². The molecule has 0 bridgehead atoms. The summed E-state index contributed by atoms with van der Waals surface area (Å²) in [7, 11) is 0. The molecular formula is C15H14FNO. The second-order valence-corrected chi connectivity index (χ2v) is 3.99. The van der Waals surface area contributed by atoms with Gasteiger partial charge < -0.3 is 0 Å². The molecule has 92 valence electrons. The standard InChI is InChI=1S/C15H14FNO/c16-17(12-11-13-7-3-1-4-8-13)15(18)14-9-5-2-6-10-14/h1-10H,11-12H2. The Bertz CT molecular complexity index is 498. The van der Waals surface area contributed by atoms with Gasteiger partial charge in [0.1, 0.15) is 0 Å². The van der Waals surface area contributed by atoms with E-state index >= 15 is 0 Å². The largest absolute Gasteiger partial charge is 0.281 e. The van der Waals surface area contributed by atoms with E-state index in [0.29, 0.717) is 12.0 Å². The van der Waals surface area contributed by atoms with Gasteiger partial charge in [-0.1, -0.05) is 53.0 Å². The Morgan fingerprint density at radius 1 is 0.944 bits per heavy atom. The minimum absolute atomic E-state index is 0.0672. The van der Waals surface area contributed by atoms with E-state index in [9.17, 15) is 9.28 Å². The van der Waals surface area contributed by atoms with Gasteiger partial charge in [-0.05, 0) is 24.1 Å². The van der Waals surface area contributed by atoms with Gasteiger partial charge in [0.05, 0.1) is 6.54 Å². The molecule has 18 heavy (non-hydrogen) atoms. The van der Waals surface area contributed by atoms with Crippen molar-refractivity contribution in [3.05, 3.63) is 71.8 Å². The lowest BCUT2D eigenvalue weighted by Gasteiger charge is -2.11. The Kier molecular flexibility index (Phi) is 4.07. The summed E-state index contributed by atoms with van der Waals surface area (Å²) in [6, 6.07) is 18.0. The SMILES string of the molecule is O=C(c1ccccc1)N(F)CCc1ccccc1. The molecule has 0 radical (unpaired) electrons. The van der Waals surface area contributed by atoms with Gasteiger partial charge in [0.2, 0.25) is 0 Å². The number of carbonyl (C=O) groups is 1. The third kappa shape index (κ3) is 3.17. The van der Waals surface area contributed by atoms with Crippen molar-refractivity contribution in [1.29, 1.82) is 0 Å². The summed E-state index contributed by atoms with van der Waals surface area (Å²) in [4.78, 5) is 11.7. The first kappa shape index (κ1) is 12.3. The predicted octanol–water partition coefficient (Wildman–Crippen LogP) is 3.26. The highest BCUT2D eigenvalue weighted by atomic mass is 19.2. The molecule has 2 aromatic rings. The number of halogens is 1. The minimum Gasteiger partial charge on any atom is -0.266 e. The van der Waals surface area contributed by atoms with Crippen molar-refractivity contribution in [2.24, 2.45) is 0 Å². The van der Waals surface area contributed by atoms with E-state index in [4.69, 9.17) is 0 Å². The lowest BCUT2D eigenvalue weighted by Crippen LogP contribution is -2.24. The van der Waals surface area contributed by atoms with E-state index < -0.39 is 5.91 Å². The molecule has 0 aliphatic rings. The van der Waals surface area contributed by atoms with Crippen LogP contribution in [0, 0.1) is 0 Å². The second kappa shape index (κ2) is 5.96. The molecule has 0 saturated carbocycles. The van der Waals surface area contributed by atoms with Crippen LogP contribution in [0.1, 0.15) is 15.9 Å². The number of hydrogen-bond donors (Lipinski definition) is 0. The fourth-order valence-electron chi connectivity index (χ4n) is 1.69. The maximum atomic E-state index is 13.7. The van der Waals surface area contributed by atoms with Gasteiger partial charge in [-0.25, -0.2) is 0 Å². The zero-order valence-electron chi connectivity index (χ0n) is 9.92.